The lowest BCUT2D eigenvalue weighted by molar-refractivity contribution is -0.148. The van der Waals surface area contributed by atoms with E-state index in [1.807, 2.05) is 45.0 Å². The highest BCUT2D eigenvalue weighted by atomic mass is 35.5. The van der Waals surface area contributed by atoms with Crippen molar-refractivity contribution < 1.29 is 33.7 Å². The molecule has 3 aliphatic heterocycles. The van der Waals surface area contributed by atoms with Crippen molar-refractivity contribution in [1.29, 1.82) is 0 Å². The third kappa shape index (κ3) is 5.90. The predicted molar refractivity (Wildman–Crippen MR) is 149 cm³/mol. The molecule has 1 fully saturated rings. The van der Waals surface area contributed by atoms with E-state index in [0.717, 1.165) is 0 Å². The number of piperidine rings is 1. The molecule has 2 aromatic rings. The monoisotopic (exact) mass is 570 g/mol. The van der Waals surface area contributed by atoms with Gasteiger partial charge in [0.1, 0.15) is 25.4 Å². The maximum Gasteiger partial charge on any atom is 0.308 e. The summed E-state index contributed by atoms with van der Waals surface area (Å²) in [6, 6.07) is 10.9. The molecule has 9 nitrogen and oxygen atoms in total. The van der Waals surface area contributed by atoms with E-state index in [1.165, 1.54) is 4.90 Å². The number of aliphatic carboxylic acids is 1. The Bertz CT molecular complexity index is 1310. The van der Waals surface area contributed by atoms with Crippen LogP contribution >= 0.6 is 11.6 Å². The third-order valence-electron chi connectivity index (χ3n) is 7.40. The number of carbonyl (C=O) groups excluding carboxylic acids is 2. The molecule has 0 radical (unpaired) electrons. The molecule has 214 valence electrons. The van der Waals surface area contributed by atoms with Crippen molar-refractivity contribution in [2.45, 2.75) is 52.2 Å². The number of ether oxygens (including phenoxy) is 3. The maximum atomic E-state index is 14.2. The fraction of sp³-hybridized carbons (Fsp3) is 0.500. The van der Waals surface area contributed by atoms with Gasteiger partial charge in [-0.2, -0.15) is 0 Å². The predicted octanol–water partition coefficient (Wildman–Crippen LogP) is 4.69. The van der Waals surface area contributed by atoms with Crippen molar-refractivity contribution in [2.24, 2.45) is 11.3 Å². The Hall–Kier alpha value is -3.30. The molecule has 2 aromatic carbocycles. The van der Waals surface area contributed by atoms with E-state index in [4.69, 9.17) is 25.8 Å². The summed E-state index contributed by atoms with van der Waals surface area (Å²) in [6.07, 6.45) is -0.979. The zero-order valence-electron chi connectivity index (χ0n) is 23.0. The lowest BCUT2D eigenvalue weighted by Crippen LogP contribution is -2.47. The second-order valence-electron chi connectivity index (χ2n) is 11.8. The molecule has 40 heavy (non-hydrogen) atoms. The number of benzene rings is 2. The summed E-state index contributed by atoms with van der Waals surface area (Å²) in [5, 5.41) is 9.99. The van der Waals surface area contributed by atoms with Crippen molar-refractivity contribution in [3.8, 4) is 11.5 Å². The number of carbonyl (C=O) groups is 3. The van der Waals surface area contributed by atoms with Gasteiger partial charge < -0.3 is 29.1 Å². The van der Waals surface area contributed by atoms with Crippen LogP contribution < -0.4 is 14.4 Å². The number of rotatable bonds is 5. The van der Waals surface area contributed by atoms with Gasteiger partial charge in [0.15, 0.2) is 11.5 Å². The molecule has 3 aliphatic rings. The van der Waals surface area contributed by atoms with Gasteiger partial charge in [-0.3, -0.25) is 14.4 Å². The number of likely N-dealkylation sites (tertiary alicyclic amines) is 1. The molecular weight excluding hydrogens is 536 g/mol. The van der Waals surface area contributed by atoms with Crippen LogP contribution in [-0.4, -0.2) is 66.7 Å². The minimum atomic E-state index is -1.11. The first-order valence-corrected chi connectivity index (χ1v) is 14.0. The summed E-state index contributed by atoms with van der Waals surface area (Å²) in [5.74, 6) is -1.06. The third-order valence-corrected chi connectivity index (χ3v) is 7.63. The quantitative estimate of drug-likeness (QED) is 0.556. The van der Waals surface area contributed by atoms with Crippen molar-refractivity contribution >= 4 is 35.1 Å². The number of carboxylic acid groups (broad SMARTS) is 1. The lowest BCUT2D eigenvalue weighted by Gasteiger charge is -2.33. The molecule has 0 aromatic heterocycles. The fourth-order valence-corrected chi connectivity index (χ4v) is 5.76. The Balaban J connectivity index is 1.56. The molecule has 1 unspecified atom stereocenters. The SMILES string of the molecule is CC(C)(C)CN1C(=O)[C@H](CC(=O)N2CCCC(C(=O)O)C2)O[C@@H](c2cccc3c2OCCO3)c2cc(Cl)ccc21. The summed E-state index contributed by atoms with van der Waals surface area (Å²) in [5.41, 5.74) is 1.76. The number of halogens is 1. The first kappa shape index (κ1) is 28.2. The molecule has 3 heterocycles. The van der Waals surface area contributed by atoms with Gasteiger partial charge >= 0.3 is 5.97 Å². The molecule has 3 atom stereocenters. The zero-order chi connectivity index (χ0) is 28.6. The molecule has 5 rings (SSSR count). The smallest absolute Gasteiger partial charge is 0.308 e. The number of hydrogen-bond donors (Lipinski definition) is 1. The van der Waals surface area contributed by atoms with Gasteiger partial charge in [-0.15, -0.1) is 0 Å². The van der Waals surface area contributed by atoms with Crippen LogP contribution in [0.3, 0.4) is 0 Å². The van der Waals surface area contributed by atoms with E-state index in [0.29, 0.717) is 72.5 Å². The highest BCUT2D eigenvalue weighted by Gasteiger charge is 2.41. The van der Waals surface area contributed by atoms with Gasteiger partial charge in [0.05, 0.1) is 12.3 Å². The van der Waals surface area contributed by atoms with Crippen LogP contribution in [-0.2, 0) is 19.1 Å². The Morgan fingerprint density at radius 2 is 1.88 bits per heavy atom. The first-order valence-electron chi connectivity index (χ1n) is 13.7. The highest BCUT2D eigenvalue weighted by Crippen LogP contribution is 2.46. The second-order valence-corrected chi connectivity index (χ2v) is 12.2. The van der Waals surface area contributed by atoms with Crippen LogP contribution in [0.4, 0.5) is 5.69 Å². The molecule has 0 aliphatic carbocycles. The summed E-state index contributed by atoms with van der Waals surface area (Å²) in [6.45, 7) is 7.87. The van der Waals surface area contributed by atoms with Crippen LogP contribution in [0.25, 0.3) is 0 Å². The molecule has 1 saturated heterocycles. The number of para-hydroxylation sites is 1. The summed E-state index contributed by atoms with van der Waals surface area (Å²) >= 11 is 6.48. The van der Waals surface area contributed by atoms with E-state index < -0.39 is 24.1 Å². The van der Waals surface area contributed by atoms with Crippen molar-refractivity contribution in [1.82, 2.24) is 4.90 Å². The molecule has 2 amide bonds. The normalized spacial score (nSPS) is 22.9. The van der Waals surface area contributed by atoms with Gasteiger partial charge in [-0.05, 0) is 42.5 Å². The van der Waals surface area contributed by atoms with Crippen LogP contribution in [0.15, 0.2) is 36.4 Å². The van der Waals surface area contributed by atoms with Crippen LogP contribution in [0, 0.1) is 11.3 Å². The van der Waals surface area contributed by atoms with E-state index in [-0.39, 0.29) is 30.2 Å². The Morgan fingerprint density at radius 3 is 2.62 bits per heavy atom. The number of nitrogens with zero attached hydrogens (tertiary/aromatic N) is 2. The van der Waals surface area contributed by atoms with Crippen LogP contribution in [0.1, 0.15) is 57.3 Å². The number of hydrogen-bond acceptors (Lipinski definition) is 6. The molecule has 1 N–H and O–H groups in total. The maximum absolute atomic E-state index is 14.2. The number of fused-ring (bicyclic) bond motifs is 2. The minimum Gasteiger partial charge on any atom is -0.486 e. The van der Waals surface area contributed by atoms with Crippen molar-refractivity contribution in [3.63, 3.8) is 0 Å². The number of carboxylic acids is 1. The summed E-state index contributed by atoms with van der Waals surface area (Å²) in [7, 11) is 0. The Morgan fingerprint density at radius 1 is 1.10 bits per heavy atom. The minimum absolute atomic E-state index is 0.122. The topological polar surface area (TPSA) is 106 Å². The van der Waals surface area contributed by atoms with Crippen LogP contribution in [0.5, 0.6) is 11.5 Å². The first-order chi connectivity index (χ1) is 19.0. The van der Waals surface area contributed by atoms with Gasteiger partial charge in [-0.1, -0.05) is 44.5 Å². The van der Waals surface area contributed by atoms with Crippen LogP contribution in [0.2, 0.25) is 5.02 Å². The summed E-state index contributed by atoms with van der Waals surface area (Å²) < 4.78 is 18.4. The van der Waals surface area contributed by atoms with E-state index in [9.17, 15) is 19.5 Å². The van der Waals surface area contributed by atoms with Gasteiger partial charge in [0.25, 0.3) is 5.91 Å². The zero-order valence-corrected chi connectivity index (χ0v) is 23.8. The second kappa shape index (κ2) is 11.3. The average Bonchev–Trinajstić information content (AvgIpc) is 3.02. The lowest BCUT2D eigenvalue weighted by atomic mass is 9.94. The summed E-state index contributed by atoms with van der Waals surface area (Å²) in [4.78, 5) is 42.5. The molecule has 10 heteroatoms. The highest BCUT2D eigenvalue weighted by molar-refractivity contribution is 6.30. The number of anilines is 1. The molecule has 0 saturated carbocycles. The average molecular weight is 571 g/mol. The Kier molecular flexibility index (Phi) is 7.97. The molecule has 0 bridgehead atoms. The van der Waals surface area contributed by atoms with Gasteiger partial charge in [-0.25, -0.2) is 0 Å². The molecular formula is C30H35ClN2O7. The van der Waals surface area contributed by atoms with Gasteiger partial charge in [0, 0.05) is 41.5 Å². The molecule has 0 spiro atoms. The fourth-order valence-electron chi connectivity index (χ4n) is 5.58. The standard InChI is InChI=1S/C30H35ClN2O7/c1-30(2,3)17-33-22-10-9-19(31)14-21(22)26(20-7-4-8-23-27(20)39-13-12-38-23)40-24(28(33)35)15-25(34)32-11-5-6-18(16-32)29(36)37/h4,7-10,14,18,24,26H,5-6,11-13,15-17H2,1-3H3,(H,36,37)/t18?,24-,26-/m0/s1. The van der Waals surface area contributed by atoms with E-state index in [2.05, 4.69) is 0 Å². The van der Waals surface area contributed by atoms with E-state index in [1.54, 1.807) is 17.0 Å². The van der Waals surface area contributed by atoms with Gasteiger partial charge in [0.2, 0.25) is 5.91 Å². The van der Waals surface area contributed by atoms with Crippen molar-refractivity contribution in [2.75, 3.05) is 37.7 Å². The van der Waals surface area contributed by atoms with E-state index >= 15 is 0 Å². The Labute approximate surface area is 238 Å². The van der Waals surface area contributed by atoms with Crippen molar-refractivity contribution in [3.05, 3.63) is 52.5 Å². The number of amides is 2. The largest absolute Gasteiger partial charge is 0.486 e.